The first-order valence-corrected chi connectivity index (χ1v) is 8.83. The smallest absolute Gasteiger partial charge is 0.355 e. The molecule has 0 bridgehead atoms. The lowest BCUT2D eigenvalue weighted by molar-refractivity contribution is -0.154. The summed E-state index contributed by atoms with van der Waals surface area (Å²) < 4.78 is 15.4. The van der Waals surface area contributed by atoms with Crippen LogP contribution in [0.25, 0.3) is 0 Å². The Bertz CT molecular complexity index is 654. The van der Waals surface area contributed by atoms with Gasteiger partial charge in [-0.1, -0.05) is 0 Å². The summed E-state index contributed by atoms with van der Waals surface area (Å²) in [5.74, 6) is -1.26. The SMILES string of the molecule is CCOC(=O)CCc1c(C(=O)OCC)[nH]c(C)c1CC(=O)OC(C)(C)C. The Morgan fingerprint density at radius 2 is 1.58 bits per heavy atom. The molecule has 0 aliphatic carbocycles. The fraction of sp³-hybridized carbons (Fsp3) is 0.632. The minimum atomic E-state index is -0.601. The second kappa shape index (κ2) is 9.40. The van der Waals surface area contributed by atoms with Gasteiger partial charge in [0, 0.05) is 12.1 Å². The van der Waals surface area contributed by atoms with Crippen LogP contribution in [0.5, 0.6) is 0 Å². The zero-order valence-electron chi connectivity index (χ0n) is 16.5. The Morgan fingerprint density at radius 3 is 2.12 bits per heavy atom. The monoisotopic (exact) mass is 367 g/mol. The van der Waals surface area contributed by atoms with Crippen LogP contribution in [-0.4, -0.2) is 41.7 Å². The quantitative estimate of drug-likeness (QED) is 0.561. The standard InChI is InChI=1S/C19H29NO6/c1-7-24-15(21)10-9-13-14(11-16(22)26-19(4,5)6)12(3)20-17(13)18(23)25-8-2/h20H,7-11H2,1-6H3. The summed E-state index contributed by atoms with van der Waals surface area (Å²) in [5, 5.41) is 0. The van der Waals surface area contributed by atoms with Crippen molar-refractivity contribution in [1.29, 1.82) is 0 Å². The van der Waals surface area contributed by atoms with Crippen molar-refractivity contribution < 1.29 is 28.6 Å². The summed E-state index contributed by atoms with van der Waals surface area (Å²) in [6.07, 6.45) is 0.394. The molecule has 0 spiro atoms. The molecule has 0 atom stereocenters. The van der Waals surface area contributed by atoms with E-state index in [1.807, 2.05) is 0 Å². The number of esters is 3. The van der Waals surface area contributed by atoms with Gasteiger partial charge in [-0.25, -0.2) is 4.79 Å². The molecular formula is C19H29NO6. The minimum Gasteiger partial charge on any atom is -0.466 e. The molecule has 0 radical (unpaired) electrons. The molecule has 7 nitrogen and oxygen atoms in total. The first-order valence-electron chi connectivity index (χ1n) is 8.83. The van der Waals surface area contributed by atoms with Crippen LogP contribution in [-0.2, 0) is 36.6 Å². The number of carbonyl (C=O) groups is 3. The predicted octanol–water partition coefficient (Wildman–Crippen LogP) is 2.88. The summed E-state index contributed by atoms with van der Waals surface area (Å²) in [7, 11) is 0. The second-order valence-electron chi connectivity index (χ2n) is 6.87. The molecule has 0 aliphatic rings. The Balaban J connectivity index is 3.11. The maximum atomic E-state index is 12.2. The Kier molecular flexibility index (Phi) is 7.86. The van der Waals surface area contributed by atoms with E-state index in [2.05, 4.69) is 4.98 Å². The molecule has 1 heterocycles. The van der Waals surface area contributed by atoms with E-state index in [1.165, 1.54) is 0 Å². The van der Waals surface area contributed by atoms with E-state index in [4.69, 9.17) is 14.2 Å². The Morgan fingerprint density at radius 1 is 0.962 bits per heavy atom. The van der Waals surface area contributed by atoms with Crippen LogP contribution < -0.4 is 0 Å². The highest BCUT2D eigenvalue weighted by atomic mass is 16.6. The van der Waals surface area contributed by atoms with Gasteiger partial charge in [0.2, 0.25) is 0 Å². The average molecular weight is 367 g/mol. The summed E-state index contributed by atoms with van der Waals surface area (Å²) in [6, 6.07) is 0. The van der Waals surface area contributed by atoms with Crippen molar-refractivity contribution in [3.63, 3.8) is 0 Å². The lowest BCUT2D eigenvalue weighted by Crippen LogP contribution is -2.25. The van der Waals surface area contributed by atoms with Crippen LogP contribution >= 0.6 is 0 Å². The van der Waals surface area contributed by atoms with Gasteiger partial charge < -0.3 is 19.2 Å². The summed E-state index contributed by atoms with van der Waals surface area (Å²) in [5.41, 5.74) is 1.60. The molecule has 0 saturated carbocycles. The maximum Gasteiger partial charge on any atom is 0.355 e. The molecular weight excluding hydrogens is 338 g/mol. The number of ether oxygens (including phenoxy) is 3. The molecule has 1 aromatic heterocycles. The van der Waals surface area contributed by atoms with E-state index < -0.39 is 17.5 Å². The van der Waals surface area contributed by atoms with E-state index in [-0.39, 0.29) is 37.5 Å². The number of aromatic nitrogens is 1. The van der Waals surface area contributed by atoms with Gasteiger partial charge in [0.05, 0.1) is 19.6 Å². The van der Waals surface area contributed by atoms with Gasteiger partial charge in [0.25, 0.3) is 0 Å². The number of rotatable bonds is 8. The topological polar surface area (TPSA) is 94.7 Å². The molecule has 0 amide bonds. The van der Waals surface area contributed by atoms with Gasteiger partial charge in [-0.05, 0) is 59.1 Å². The van der Waals surface area contributed by atoms with Gasteiger partial charge in [-0.15, -0.1) is 0 Å². The van der Waals surface area contributed by atoms with E-state index in [0.717, 1.165) is 0 Å². The van der Waals surface area contributed by atoms with E-state index >= 15 is 0 Å². The third-order valence-electron chi connectivity index (χ3n) is 3.54. The average Bonchev–Trinajstić information content (AvgIpc) is 2.80. The highest BCUT2D eigenvalue weighted by Gasteiger charge is 2.25. The fourth-order valence-electron chi connectivity index (χ4n) is 2.59. The van der Waals surface area contributed by atoms with E-state index in [9.17, 15) is 14.4 Å². The minimum absolute atomic E-state index is 0.0111. The molecule has 0 aliphatic heterocycles. The van der Waals surface area contributed by atoms with Crippen molar-refractivity contribution in [3.05, 3.63) is 22.5 Å². The largest absolute Gasteiger partial charge is 0.466 e. The summed E-state index contributed by atoms with van der Waals surface area (Å²) in [6.45, 7) is 11.1. The molecule has 146 valence electrons. The number of aromatic amines is 1. The van der Waals surface area contributed by atoms with Gasteiger partial charge in [-0.2, -0.15) is 0 Å². The number of aryl methyl sites for hydroxylation is 1. The fourth-order valence-corrected chi connectivity index (χ4v) is 2.59. The van der Waals surface area contributed by atoms with Crippen molar-refractivity contribution in [2.24, 2.45) is 0 Å². The number of hydrogen-bond acceptors (Lipinski definition) is 6. The normalized spacial score (nSPS) is 11.2. The van der Waals surface area contributed by atoms with Crippen molar-refractivity contribution >= 4 is 17.9 Å². The van der Waals surface area contributed by atoms with Crippen molar-refractivity contribution in [1.82, 2.24) is 4.98 Å². The second-order valence-corrected chi connectivity index (χ2v) is 6.87. The van der Waals surface area contributed by atoms with Crippen LogP contribution in [0.4, 0.5) is 0 Å². The van der Waals surface area contributed by atoms with Crippen LogP contribution in [0.15, 0.2) is 0 Å². The number of nitrogens with one attached hydrogen (secondary N) is 1. The van der Waals surface area contributed by atoms with Crippen LogP contribution in [0.3, 0.4) is 0 Å². The van der Waals surface area contributed by atoms with Crippen molar-refractivity contribution in [2.75, 3.05) is 13.2 Å². The van der Waals surface area contributed by atoms with Crippen molar-refractivity contribution in [2.45, 2.75) is 66.4 Å². The molecule has 0 saturated heterocycles. The highest BCUT2D eigenvalue weighted by Crippen LogP contribution is 2.23. The Hall–Kier alpha value is -2.31. The molecule has 7 heteroatoms. The van der Waals surface area contributed by atoms with Gasteiger partial charge in [0.1, 0.15) is 11.3 Å². The first-order chi connectivity index (χ1) is 12.1. The van der Waals surface area contributed by atoms with Crippen LogP contribution in [0.2, 0.25) is 0 Å². The lowest BCUT2D eigenvalue weighted by atomic mass is 10.0. The van der Waals surface area contributed by atoms with E-state index in [0.29, 0.717) is 23.4 Å². The predicted molar refractivity (Wildman–Crippen MR) is 96.0 cm³/mol. The molecule has 0 aromatic carbocycles. The molecule has 0 fully saturated rings. The number of hydrogen-bond donors (Lipinski definition) is 1. The molecule has 1 N–H and O–H groups in total. The lowest BCUT2D eigenvalue weighted by Gasteiger charge is -2.19. The van der Waals surface area contributed by atoms with E-state index in [1.54, 1.807) is 41.5 Å². The van der Waals surface area contributed by atoms with Crippen LogP contribution in [0, 0.1) is 6.92 Å². The molecule has 26 heavy (non-hydrogen) atoms. The van der Waals surface area contributed by atoms with Gasteiger partial charge >= 0.3 is 17.9 Å². The first kappa shape index (κ1) is 21.7. The number of carbonyl (C=O) groups excluding carboxylic acids is 3. The van der Waals surface area contributed by atoms with Crippen LogP contribution in [0.1, 0.15) is 68.3 Å². The maximum absolute atomic E-state index is 12.2. The third-order valence-corrected chi connectivity index (χ3v) is 3.54. The zero-order valence-corrected chi connectivity index (χ0v) is 16.5. The summed E-state index contributed by atoms with van der Waals surface area (Å²) in [4.78, 5) is 39.2. The number of H-pyrrole nitrogens is 1. The van der Waals surface area contributed by atoms with Crippen molar-refractivity contribution in [3.8, 4) is 0 Å². The Labute approximate surface area is 154 Å². The highest BCUT2D eigenvalue weighted by molar-refractivity contribution is 5.91. The molecule has 0 unspecified atom stereocenters. The van der Waals surface area contributed by atoms with Gasteiger partial charge in [-0.3, -0.25) is 9.59 Å². The van der Waals surface area contributed by atoms with Gasteiger partial charge in [0.15, 0.2) is 0 Å². The third kappa shape index (κ3) is 6.54. The molecule has 1 aromatic rings. The molecule has 1 rings (SSSR count). The summed E-state index contributed by atoms with van der Waals surface area (Å²) >= 11 is 0. The zero-order chi connectivity index (χ0) is 19.9.